The molecule has 82 valence electrons. The van der Waals surface area contributed by atoms with Gasteiger partial charge >= 0.3 is 0 Å². The van der Waals surface area contributed by atoms with Crippen LogP contribution in [-0.4, -0.2) is 20.9 Å². The van der Waals surface area contributed by atoms with Gasteiger partial charge in [0.1, 0.15) is 5.69 Å². The Labute approximate surface area is 96.9 Å². The van der Waals surface area contributed by atoms with Crippen LogP contribution in [0.3, 0.4) is 0 Å². The number of nitriles is 1. The average Bonchev–Trinajstić information content (AvgIpc) is 2.94. The van der Waals surface area contributed by atoms with Crippen LogP contribution < -0.4 is 0 Å². The molecule has 0 aliphatic heterocycles. The van der Waals surface area contributed by atoms with Crippen LogP contribution in [-0.2, 0) is 0 Å². The predicted octanol–water partition coefficient (Wildman–Crippen LogP) is 2.46. The fourth-order valence-electron chi connectivity index (χ4n) is 1.15. The van der Waals surface area contributed by atoms with Crippen LogP contribution in [0.25, 0.3) is 11.6 Å². The third-order valence-corrected chi connectivity index (χ3v) is 2.80. The summed E-state index contributed by atoms with van der Waals surface area (Å²) >= 11 is 1.47. The zero-order valence-corrected chi connectivity index (χ0v) is 9.33. The number of H-pyrrole nitrogens is 1. The second kappa shape index (κ2) is 5.37. The third-order valence-electron chi connectivity index (χ3n) is 1.89. The highest BCUT2D eigenvalue weighted by Gasteiger charge is 2.08. The van der Waals surface area contributed by atoms with Crippen molar-refractivity contribution in [2.24, 2.45) is 0 Å². The molecule has 0 bridgehead atoms. The molecule has 0 atom stereocenters. The number of hydrogen-bond donors (Lipinski definition) is 1. The molecule has 0 amide bonds. The van der Waals surface area contributed by atoms with Crippen LogP contribution in [0.1, 0.15) is 12.8 Å². The number of rotatable bonds is 5. The van der Waals surface area contributed by atoms with E-state index in [0.29, 0.717) is 17.5 Å². The van der Waals surface area contributed by atoms with E-state index in [4.69, 9.17) is 9.68 Å². The lowest BCUT2D eigenvalue weighted by atomic mass is 10.4. The topological polar surface area (TPSA) is 78.5 Å². The summed E-state index contributed by atoms with van der Waals surface area (Å²) in [7, 11) is 0. The van der Waals surface area contributed by atoms with Crippen LogP contribution >= 0.6 is 11.8 Å². The molecule has 2 aromatic rings. The summed E-state index contributed by atoms with van der Waals surface area (Å²) < 4.78 is 5.43. The minimum Gasteiger partial charge on any atom is -0.410 e. The molecule has 2 heterocycles. The van der Waals surface area contributed by atoms with Gasteiger partial charge < -0.3 is 9.40 Å². The molecule has 2 rings (SSSR count). The Kier molecular flexibility index (Phi) is 3.62. The van der Waals surface area contributed by atoms with Gasteiger partial charge in [0.2, 0.25) is 0 Å². The first-order chi connectivity index (χ1) is 7.90. The van der Waals surface area contributed by atoms with Crippen molar-refractivity contribution in [3.05, 3.63) is 18.3 Å². The standard InChI is InChI=1S/C10H10N4OS/c11-5-1-2-7-16-10-14-13-9(15-10)8-4-3-6-12-8/h3-4,6,12H,1-2,7H2. The number of aromatic nitrogens is 3. The van der Waals surface area contributed by atoms with Crippen LogP contribution in [0.5, 0.6) is 0 Å². The second-order valence-electron chi connectivity index (χ2n) is 3.07. The molecule has 0 aromatic carbocycles. The van der Waals surface area contributed by atoms with Crippen molar-refractivity contribution in [3.8, 4) is 17.7 Å². The Bertz CT molecular complexity index is 471. The fourth-order valence-corrected chi connectivity index (χ4v) is 1.85. The molecule has 6 heteroatoms. The molecule has 0 fully saturated rings. The minimum absolute atomic E-state index is 0.493. The normalized spacial score (nSPS) is 10.2. The van der Waals surface area contributed by atoms with Crippen molar-refractivity contribution in [1.29, 1.82) is 5.26 Å². The molecule has 0 saturated heterocycles. The lowest BCUT2D eigenvalue weighted by Gasteiger charge is -1.91. The highest BCUT2D eigenvalue weighted by molar-refractivity contribution is 7.99. The van der Waals surface area contributed by atoms with E-state index in [1.165, 1.54) is 11.8 Å². The van der Waals surface area contributed by atoms with E-state index in [1.807, 2.05) is 12.1 Å². The molecular formula is C10H10N4OS. The van der Waals surface area contributed by atoms with Gasteiger partial charge in [-0.2, -0.15) is 5.26 Å². The van der Waals surface area contributed by atoms with Gasteiger partial charge in [-0.05, 0) is 18.6 Å². The van der Waals surface area contributed by atoms with Gasteiger partial charge in [-0.25, -0.2) is 0 Å². The van der Waals surface area contributed by atoms with Crippen molar-refractivity contribution >= 4 is 11.8 Å². The van der Waals surface area contributed by atoms with E-state index in [9.17, 15) is 0 Å². The van der Waals surface area contributed by atoms with Gasteiger partial charge in [-0.15, -0.1) is 10.2 Å². The molecule has 0 aliphatic rings. The van der Waals surface area contributed by atoms with Gasteiger partial charge in [0, 0.05) is 18.4 Å². The fraction of sp³-hybridized carbons (Fsp3) is 0.300. The largest absolute Gasteiger partial charge is 0.410 e. The van der Waals surface area contributed by atoms with Crippen molar-refractivity contribution in [1.82, 2.24) is 15.2 Å². The number of thioether (sulfide) groups is 1. The summed E-state index contributed by atoms with van der Waals surface area (Å²) in [4.78, 5) is 2.99. The Morgan fingerprint density at radius 1 is 1.50 bits per heavy atom. The van der Waals surface area contributed by atoms with Gasteiger partial charge in [-0.1, -0.05) is 11.8 Å². The second-order valence-corrected chi connectivity index (χ2v) is 4.11. The third kappa shape index (κ3) is 2.64. The number of unbranched alkanes of at least 4 members (excludes halogenated alkanes) is 1. The van der Waals surface area contributed by atoms with E-state index >= 15 is 0 Å². The maximum absolute atomic E-state index is 8.38. The summed E-state index contributed by atoms with van der Waals surface area (Å²) in [5.41, 5.74) is 0.816. The Balaban J connectivity index is 1.91. The van der Waals surface area contributed by atoms with Crippen LogP contribution in [0, 0.1) is 11.3 Å². The molecule has 0 unspecified atom stereocenters. The zero-order chi connectivity index (χ0) is 11.2. The molecule has 0 aliphatic carbocycles. The maximum Gasteiger partial charge on any atom is 0.276 e. The minimum atomic E-state index is 0.493. The Morgan fingerprint density at radius 3 is 3.19 bits per heavy atom. The molecule has 2 aromatic heterocycles. The van der Waals surface area contributed by atoms with Crippen molar-refractivity contribution in [2.45, 2.75) is 18.1 Å². The highest BCUT2D eigenvalue weighted by Crippen LogP contribution is 2.22. The maximum atomic E-state index is 8.38. The lowest BCUT2D eigenvalue weighted by molar-refractivity contribution is 0.464. The summed E-state index contributed by atoms with van der Waals surface area (Å²) in [5.74, 6) is 1.31. The van der Waals surface area contributed by atoms with E-state index in [0.717, 1.165) is 17.9 Å². The van der Waals surface area contributed by atoms with Crippen LogP contribution in [0.4, 0.5) is 0 Å². The zero-order valence-electron chi connectivity index (χ0n) is 8.51. The summed E-state index contributed by atoms with van der Waals surface area (Å²) in [6.07, 6.45) is 3.20. The molecular weight excluding hydrogens is 224 g/mol. The summed E-state index contributed by atoms with van der Waals surface area (Å²) in [5, 5.41) is 16.8. The number of nitrogens with one attached hydrogen (secondary N) is 1. The first kappa shape index (κ1) is 10.8. The Morgan fingerprint density at radius 2 is 2.44 bits per heavy atom. The first-order valence-corrected chi connectivity index (χ1v) is 5.86. The molecule has 1 N–H and O–H groups in total. The van der Waals surface area contributed by atoms with E-state index in [-0.39, 0.29) is 0 Å². The molecule has 16 heavy (non-hydrogen) atoms. The van der Waals surface area contributed by atoms with E-state index in [1.54, 1.807) is 6.20 Å². The quantitative estimate of drug-likeness (QED) is 0.635. The molecule has 0 saturated carbocycles. The number of hydrogen-bond acceptors (Lipinski definition) is 5. The van der Waals surface area contributed by atoms with E-state index < -0.39 is 0 Å². The van der Waals surface area contributed by atoms with Crippen molar-refractivity contribution < 1.29 is 4.42 Å². The number of nitrogens with zero attached hydrogens (tertiary/aromatic N) is 3. The highest BCUT2D eigenvalue weighted by atomic mass is 32.2. The SMILES string of the molecule is N#CCCCSc1nnc(-c2ccc[nH]2)o1. The smallest absolute Gasteiger partial charge is 0.276 e. The van der Waals surface area contributed by atoms with Gasteiger partial charge in [0.25, 0.3) is 11.1 Å². The predicted molar refractivity (Wildman–Crippen MR) is 59.7 cm³/mol. The van der Waals surface area contributed by atoms with Crippen LogP contribution in [0.15, 0.2) is 28.0 Å². The van der Waals surface area contributed by atoms with Crippen molar-refractivity contribution in [2.75, 3.05) is 5.75 Å². The molecule has 0 spiro atoms. The average molecular weight is 234 g/mol. The monoisotopic (exact) mass is 234 g/mol. The summed E-state index contributed by atoms with van der Waals surface area (Å²) in [6.45, 7) is 0. The molecule has 0 radical (unpaired) electrons. The van der Waals surface area contributed by atoms with Crippen molar-refractivity contribution in [3.63, 3.8) is 0 Å². The lowest BCUT2D eigenvalue weighted by Crippen LogP contribution is -1.78. The first-order valence-electron chi connectivity index (χ1n) is 4.87. The summed E-state index contributed by atoms with van der Waals surface area (Å²) in [6, 6.07) is 5.84. The van der Waals surface area contributed by atoms with Crippen LogP contribution in [0.2, 0.25) is 0 Å². The van der Waals surface area contributed by atoms with Gasteiger partial charge in [-0.3, -0.25) is 0 Å². The molecule has 5 nitrogen and oxygen atoms in total. The van der Waals surface area contributed by atoms with Gasteiger partial charge in [0.05, 0.1) is 6.07 Å². The Hall–Kier alpha value is -1.74. The van der Waals surface area contributed by atoms with E-state index in [2.05, 4.69) is 21.3 Å². The van der Waals surface area contributed by atoms with Gasteiger partial charge in [0.15, 0.2) is 0 Å². The number of aromatic amines is 1.